The Morgan fingerprint density at radius 1 is 1.06 bits per heavy atom. The van der Waals surface area contributed by atoms with Crippen LogP contribution in [0.25, 0.3) is 0 Å². The van der Waals surface area contributed by atoms with Gasteiger partial charge in [0.2, 0.25) is 0 Å². The van der Waals surface area contributed by atoms with Gasteiger partial charge in [-0.2, -0.15) is 0 Å². The van der Waals surface area contributed by atoms with Crippen LogP contribution in [0.5, 0.6) is 0 Å². The van der Waals surface area contributed by atoms with Crippen molar-refractivity contribution in [2.75, 3.05) is 26.9 Å². The monoisotopic (exact) mass is 264 g/mol. The highest BCUT2D eigenvalue weighted by Gasteiger charge is 2.19. The molecular weight excluding hydrogens is 240 g/mol. The Morgan fingerprint density at radius 2 is 1.56 bits per heavy atom. The fourth-order valence-electron chi connectivity index (χ4n) is 1.14. The summed E-state index contributed by atoms with van der Waals surface area (Å²) < 4.78 is 4.35. The number of carbonyl (C=O) groups excluding carboxylic acids is 2. The molecule has 0 aliphatic heterocycles. The molecule has 18 heavy (non-hydrogen) atoms. The zero-order chi connectivity index (χ0) is 14.4. The Bertz CT molecular complexity index is 213. The molecule has 0 fully saturated rings. The number of ketones is 1. The number of rotatable bonds is 8. The first-order valence-electron chi connectivity index (χ1n) is 5.93. The zero-order valence-corrected chi connectivity index (χ0v) is 11.1. The van der Waals surface area contributed by atoms with E-state index in [2.05, 4.69) is 4.74 Å². The van der Waals surface area contributed by atoms with Crippen molar-refractivity contribution in [2.24, 2.45) is 5.92 Å². The molecule has 0 spiro atoms. The van der Waals surface area contributed by atoms with E-state index in [1.54, 1.807) is 0 Å². The minimum atomic E-state index is -0.697. The molecule has 0 amide bonds. The summed E-state index contributed by atoms with van der Waals surface area (Å²) >= 11 is 0. The van der Waals surface area contributed by atoms with Crippen LogP contribution in [0, 0.1) is 5.92 Å². The molecule has 108 valence electrons. The topological polar surface area (TPSA) is 104 Å². The number of aliphatic hydroxyl groups excluding tert-OH is 3. The molecule has 0 aromatic rings. The first kappa shape index (κ1) is 19.4. The summed E-state index contributed by atoms with van der Waals surface area (Å²) in [6.45, 7) is 1.53. The van der Waals surface area contributed by atoms with Gasteiger partial charge in [-0.05, 0) is 26.2 Å². The van der Waals surface area contributed by atoms with Gasteiger partial charge in [0.1, 0.15) is 5.78 Å². The van der Waals surface area contributed by atoms with E-state index in [0.717, 1.165) is 19.3 Å². The third kappa shape index (κ3) is 13.1. The van der Waals surface area contributed by atoms with E-state index in [-0.39, 0.29) is 32.0 Å². The van der Waals surface area contributed by atoms with Crippen LogP contribution in [0.3, 0.4) is 0 Å². The second-order valence-electron chi connectivity index (χ2n) is 3.82. The molecule has 0 aliphatic carbocycles. The Kier molecular flexibility index (Phi) is 15.1. The molecule has 0 heterocycles. The molecule has 3 N–H and O–H groups in total. The molecule has 1 atom stereocenters. The molecule has 0 saturated heterocycles. The van der Waals surface area contributed by atoms with Gasteiger partial charge >= 0.3 is 5.97 Å². The Hall–Kier alpha value is -0.980. The summed E-state index contributed by atoms with van der Waals surface area (Å²) in [4.78, 5) is 21.3. The molecule has 0 aliphatic rings. The lowest BCUT2D eigenvalue weighted by molar-refractivity contribution is -0.148. The molecule has 0 radical (unpaired) electrons. The molecule has 6 heteroatoms. The lowest BCUT2D eigenvalue weighted by Gasteiger charge is -2.08. The van der Waals surface area contributed by atoms with E-state index < -0.39 is 11.9 Å². The average molecular weight is 264 g/mol. The number of hydrogen-bond donors (Lipinski definition) is 3. The Labute approximate surface area is 108 Å². The van der Waals surface area contributed by atoms with E-state index in [1.807, 2.05) is 0 Å². The fraction of sp³-hybridized carbons (Fsp3) is 0.833. The molecular formula is C12H24O6. The summed E-state index contributed by atoms with van der Waals surface area (Å²) in [5.41, 5.74) is 0. The minimum Gasteiger partial charge on any atom is -0.469 e. The third-order valence-electron chi connectivity index (χ3n) is 2.10. The van der Waals surface area contributed by atoms with E-state index in [9.17, 15) is 9.59 Å². The smallest absolute Gasteiger partial charge is 0.311 e. The number of unbranched alkanes of at least 4 members (excludes halogenated alkanes) is 2. The van der Waals surface area contributed by atoms with Crippen molar-refractivity contribution in [1.82, 2.24) is 0 Å². The molecule has 0 bridgehead atoms. The lowest BCUT2D eigenvalue weighted by atomic mass is 10.1. The van der Waals surface area contributed by atoms with Crippen molar-refractivity contribution >= 4 is 11.8 Å². The van der Waals surface area contributed by atoms with Crippen molar-refractivity contribution in [1.29, 1.82) is 0 Å². The Balaban J connectivity index is 0. The summed E-state index contributed by atoms with van der Waals surface area (Å²) in [7, 11) is 1.23. The predicted octanol–water partition coefficient (Wildman–Crippen LogP) is -0.112. The quantitative estimate of drug-likeness (QED) is 0.417. The van der Waals surface area contributed by atoms with Crippen LogP contribution in [0.1, 0.15) is 32.6 Å². The van der Waals surface area contributed by atoms with Gasteiger partial charge in [-0.1, -0.05) is 0 Å². The molecule has 0 aromatic carbocycles. The summed E-state index contributed by atoms with van der Waals surface area (Å²) in [6.07, 6.45) is 2.62. The van der Waals surface area contributed by atoms with Gasteiger partial charge in [0.25, 0.3) is 0 Å². The number of hydrogen-bond acceptors (Lipinski definition) is 6. The molecule has 6 nitrogen and oxygen atoms in total. The van der Waals surface area contributed by atoms with Gasteiger partial charge in [-0.25, -0.2) is 0 Å². The Morgan fingerprint density at radius 3 is 1.83 bits per heavy atom. The maximum Gasteiger partial charge on any atom is 0.311 e. The number of ether oxygens (including phenoxy) is 1. The van der Waals surface area contributed by atoms with Gasteiger partial charge in [0.15, 0.2) is 0 Å². The second-order valence-corrected chi connectivity index (χ2v) is 3.82. The summed E-state index contributed by atoms with van der Waals surface area (Å²) in [6, 6.07) is 0. The van der Waals surface area contributed by atoms with E-state index in [0.29, 0.717) is 0 Å². The second kappa shape index (κ2) is 14.1. The standard InChI is InChI=1S/C7H12O4.C5H12O2/c1-5(9)3-6(4-8)7(10)11-2;6-4-2-1-3-5-7/h6,8H,3-4H2,1-2H3;6-7H,1-5H2. The van der Waals surface area contributed by atoms with Gasteiger partial charge in [-0.3, -0.25) is 4.79 Å². The number of esters is 1. The molecule has 0 saturated carbocycles. The van der Waals surface area contributed by atoms with E-state index in [1.165, 1.54) is 14.0 Å². The highest BCUT2D eigenvalue weighted by Crippen LogP contribution is 2.04. The number of carbonyl (C=O) groups is 2. The van der Waals surface area contributed by atoms with Crippen LogP contribution in [0.2, 0.25) is 0 Å². The zero-order valence-electron chi connectivity index (χ0n) is 11.1. The number of Topliss-reactive ketones (excluding diaryl/α,β-unsaturated/α-hetero) is 1. The molecule has 1 unspecified atom stereocenters. The van der Waals surface area contributed by atoms with Crippen LogP contribution in [0.4, 0.5) is 0 Å². The lowest BCUT2D eigenvalue weighted by Crippen LogP contribution is -2.22. The van der Waals surface area contributed by atoms with Gasteiger partial charge in [0.05, 0.1) is 19.6 Å². The summed E-state index contributed by atoms with van der Waals surface area (Å²) in [5, 5.41) is 25.0. The first-order valence-corrected chi connectivity index (χ1v) is 5.93. The third-order valence-corrected chi connectivity index (χ3v) is 2.10. The largest absolute Gasteiger partial charge is 0.469 e. The van der Waals surface area contributed by atoms with Crippen molar-refractivity contribution in [3.63, 3.8) is 0 Å². The number of aliphatic hydroxyl groups is 3. The van der Waals surface area contributed by atoms with Gasteiger partial charge < -0.3 is 24.9 Å². The predicted molar refractivity (Wildman–Crippen MR) is 65.9 cm³/mol. The van der Waals surface area contributed by atoms with E-state index >= 15 is 0 Å². The maximum absolute atomic E-state index is 10.7. The summed E-state index contributed by atoms with van der Waals surface area (Å²) in [5.74, 6) is -1.37. The van der Waals surface area contributed by atoms with Crippen LogP contribution in [-0.2, 0) is 14.3 Å². The van der Waals surface area contributed by atoms with Crippen LogP contribution in [-0.4, -0.2) is 54.0 Å². The van der Waals surface area contributed by atoms with Crippen LogP contribution in [0.15, 0.2) is 0 Å². The van der Waals surface area contributed by atoms with Crippen LogP contribution >= 0.6 is 0 Å². The van der Waals surface area contributed by atoms with Crippen molar-refractivity contribution in [3.8, 4) is 0 Å². The van der Waals surface area contributed by atoms with Gasteiger partial charge in [-0.15, -0.1) is 0 Å². The first-order chi connectivity index (χ1) is 8.53. The highest BCUT2D eigenvalue weighted by atomic mass is 16.5. The van der Waals surface area contributed by atoms with Gasteiger partial charge in [0, 0.05) is 19.6 Å². The fourth-order valence-corrected chi connectivity index (χ4v) is 1.14. The maximum atomic E-state index is 10.7. The number of methoxy groups -OCH3 is 1. The molecule has 0 rings (SSSR count). The van der Waals surface area contributed by atoms with Crippen molar-refractivity contribution < 1.29 is 29.6 Å². The van der Waals surface area contributed by atoms with Crippen LogP contribution < -0.4 is 0 Å². The van der Waals surface area contributed by atoms with Crippen molar-refractivity contribution in [3.05, 3.63) is 0 Å². The average Bonchev–Trinajstić information content (AvgIpc) is 2.36. The van der Waals surface area contributed by atoms with E-state index in [4.69, 9.17) is 15.3 Å². The molecule has 0 aromatic heterocycles. The highest BCUT2D eigenvalue weighted by molar-refractivity contribution is 5.82. The van der Waals surface area contributed by atoms with Crippen molar-refractivity contribution in [2.45, 2.75) is 32.6 Å². The SMILES string of the molecule is COC(=O)C(CO)CC(C)=O.OCCCCCO. The normalized spacial score (nSPS) is 11.2. The minimum absolute atomic E-state index is 0.0448.